The number of hydrogen-bond acceptors (Lipinski definition) is 2. The Morgan fingerprint density at radius 1 is 1.35 bits per heavy atom. The van der Waals surface area contributed by atoms with E-state index in [0.29, 0.717) is 17.8 Å². The van der Waals surface area contributed by atoms with E-state index in [1.165, 1.54) is 0 Å². The molecule has 0 bridgehead atoms. The molecule has 0 amide bonds. The first-order valence-corrected chi connectivity index (χ1v) is 5.58. The van der Waals surface area contributed by atoms with Crippen LogP contribution < -0.4 is 5.32 Å². The van der Waals surface area contributed by atoms with Crippen LogP contribution in [-0.2, 0) is 6.18 Å². The van der Waals surface area contributed by atoms with Gasteiger partial charge >= 0.3 is 6.18 Å². The quantitative estimate of drug-likeness (QED) is 0.883. The number of likely N-dealkylation sites (N-methyl/N-ethyl adjacent to an activating group) is 1. The van der Waals surface area contributed by atoms with Gasteiger partial charge in [0.15, 0.2) is 0 Å². The van der Waals surface area contributed by atoms with Crippen LogP contribution in [0.15, 0.2) is 12.1 Å². The van der Waals surface area contributed by atoms with Gasteiger partial charge in [-0.1, -0.05) is 6.92 Å². The van der Waals surface area contributed by atoms with Crippen molar-refractivity contribution in [3.8, 4) is 0 Å². The van der Waals surface area contributed by atoms with Crippen molar-refractivity contribution in [1.82, 2.24) is 10.3 Å². The molecule has 1 N–H and O–H groups in total. The highest BCUT2D eigenvalue weighted by molar-refractivity contribution is 5.26. The maximum absolute atomic E-state index is 12.6. The van der Waals surface area contributed by atoms with Crippen LogP contribution in [0.5, 0.6) is 0 Å². The number of alkyl halides is 3. The van der Waals surface area contributed by atoms with E-state index in [4.69, 9.17) is 0 Å². The van der Waals surface area contributed by atoms with Gasteiger partial charge in [-0.3, -0.25) is 0 Å². The number of hydrogen-bond donors (Lipinski definition) is 1. The highest BCUT2D eigenvalue weighted by atomic mass is 19.4. The summed E-state index contributed by atoms with van der Waals surface area (Å²) < 4.78 is 37.9. The lowest BCUT2D eigenvalue weighted by Gasteiger charge is -2.17. The van der Waals surface area contributed by atoms with Gasteiger partial charge in [-0.2, -0.15) is 13.2 Å². The fraction of sp³-hybridized carbons (Fsp3) is 0.583. The van der Waals surface area contributed by atoms with Crippen molar-refractivity contribution in [3.05, 3.63) is 29.1 Å². The molecule has 0 aliphatic heterocycles. The molecule has 0 aromatic carbocycles. The van der Waals surface area contributed by atoms with Crippen molar-refractivity contribution < 1.29 is 13.2 Å². The van der Waals surface area contributed by atoms with Crippen LogP contribution in [0.4, 0.5) is 13.2 Å². The Morgan fingerprint density at radius 3 is 2.47 bits per heavy atom. The van der Waals surface area contributed by atoms with Crippen LogP contribution in [0, 0.1) is 6.92 Å². The molecule has 0 aliphatic carbocycles. The molecular weight excluding hydrogens is 229 g/mol. The molecule has 1 atom stereocenters. The summed E-state index contributed by atoms with van der Waals surface area (Å²) in [5.41, 5.74) is 0.299. The molecule has 0 saturated carbocycles. The smallest absolute Gasteiger partial charge is 0.319 e. The third-order valence-corrected chi connectivity index (χ3v) is 2.68. The Hall–Kier alpha value is -1.10. The highest BCUT2D eigenvalue weighted by Crippen LogP contribution is 2.30. The zero-order valence-corrected chi connectivity index (χ0v) is 10.2. The minimum atomic E-state index is -4.38. The summed E-state index contributed by atoms with van der Waals surface area (Å²) in [5, 5.41) is 2.99. The molecule has 0 spiro atoms. The topological polar surface area (TPSA) is 24.9 Å². The van der Waals surface area contributed by atoms with Crippen LogP contribution in [0.25, 0.3) is 0 Å². The van der Waals surface area contributed by atoms with Crippen LogP contribution in [0.1, 0.15) is 36.2 Å². The Balaban J connectivity index is 3.12. The summed E-state index contributed by atoms with van der Waals surface area (Å²) >= 11 is 0. The monoisotopic (exact) mass is 246 g/mol. The lowest BCUT2D eigenvalue weighted by Crippen LogP contribution is -2.18. The zero-order valence-electron chi connectivity index (χ0n) is 10.2. The van der Waals surface area contributed by atoms with Gasteiger partial charge < -0.3 is 5.32 Å². The summed E-state index contributed by atoms with van der Waals surface area (Å²) in [7, 11) is 1.79. The first kappa shape index (κ1) is 14.0. The molecule has 1 unspecified atom stereocenters. The second kappa shape index (κ2) is 5.49. The Kier molecular flexibility index (Phi) is 4.51. The van der Waals surface area contributed by atoms with Gasteiger partial charge in [0.25, 0.3) is 0 Å². The molecule has 0 fully saturated rings. The molecule has 0 radical (unpaired) electrons. The van der Waals surface area contributed by atoms with Crippen LogP contribution >= 0.6 is 0 Å². The maximum Gasteiger partial charge on any atom is 0.433 e. The first-order chi connectivity index (χ1) is 7.88. The number of rotatable bonds is 4. The van der Waals surface area contributed by atoms with Gasteiger partial charge in [0, 0.05) is 12.2 Å². The largest absolute Gasteiger partial charge is 0.433 e. The van der Waals surface area contributed by atoms with E-state index in [1.807, 2.05) is 6.92 Å². The maximum atomic E-state index is 12.6. The summed E-state index contributed by atoms with van der Waals surface area (Å²) in [4.78, 5) is 3.54. The lowest BCUT2D eigenvalue weighted by molar-refractivity contribution is -0.141. The SMILES string of the molecule is CCC(CNC)c1cc(C)nc(C(F)(F)F)c1. The van der Waals surface area contributed by atoms with E-state index in [2.05, 4.69) is 10.3 Å². The van der Waals surface area contributed by atoms with E-state index in [9.17, 15) is 13.2 Å². The summed E-state index contributed by atoms with van der Waals surface area (Å²) in [6, 6.07) is 2.87. The van der Waals surface area contributed by atoms with E-state index in [-0.39, 0.29) is 5.92 Å². The average Bonchev–Trinajstić information content (AvgIpc) is 2.23. The molecule has 96 valence electrons. The van der Waals surface area contributed by atoms with Crippen LogP contribution in [0.2, 0.25) is 0 Å². The van der Waals surface area contributed by atoms with Crippen molar-refractivity contribution in [1.29, 1.82) is 0 Å². The Labute approximate surface area is 99.3 Å². The summed E-state index contributed by atoms with van der Waals surface area (Å²) in [6.07, 6.45) is -3.58. The number of pyridine rings is 1. The number of nitrogens with zero attached hydrogens (tertiary/aromatic N) is 1. The van der Waals surface area contributed by atoms with Crippen molar-refractivity contribution in [2.24, 2.45) is 0 Å². The highest BCUT2D eigenvalue weighted by Gasteiger charge is 2.33. The van der Waals surface area contributed by atoms with Gasteiger partial charge in [0.2, 0.25) is 0 Å². The molecule has 1 rings (SSSR count). The van der Waals surface area contributed by atoms with E-state index < -0.39 is 11.9 Å². The van der Waals surface area contributed by atoms with Crippen LogP contribution in [0.3, 0.4) is 0 Å². The number of aromatic nitrogens is 1. The van der Waals surface area contributed by atoms with Gasteiger partial charge in [0.1, 0.15) is 5.69 Å². The summed E-state index contributed by atoms with van der Waals surface area (Å²) in [6.45, 7) is 4.22. The Morgan fingerprint density at radius 2 is 2.00 bits per heavy atom. The van der Waals surface area contributed by atoms with Crippen molar-refractivity contribution in [3.63, 3.8) is 0 Å². The van der Waals surface area contributed by atoms with E-state index in [1.54, 1.807) is 20.0 Å². The Bertz CT molecular complexity index is 375. The molecule has 0 aliphatic rings. The standard InChI is InChI=1S/C12H17F3N2/c1-4-9(7-16-3)10-5-8(2)17-11(6-10)12(13,14)15/h5-6,9,16H,4,7H2,1-3H3. The average molecular weight is 246 g/mol. The van der Waals surface area contributed by atoms with E-state index in [0.717, 1.165) is 12.5 Å². The molecule has 0 saturated heterocycles. The molecule has 5 heteroatoms. The third-order valence-electron chi connectivity index (χ3n) is 2.68. The number of nitrogens with one attached hydrogen (secondary N) is 1. The fourth-order valence-electron chi connectivity index (χ4n) is 1.82. The molecule has 2 nitrogen and oxygen atoms in total. The third kappa shape index (κ3) is 3.70. The summed E-state index contributed by atoms with van der Waals surface area (Å²) in [5.74, 6) is 0.0859. The lowest BCUT2D eigenvalue weighted by atomic mass is 9.96. The fourth-order valence-corrected chi connectivity index (χ4v) is 1.82. The molecular formula is C12H17F3N2. The van der Waals surface area contributed by atoms with Gasteiger partial charge in [-0.15, -0.1) is 0 Å². The molecule has 1 aromatic rings. The molecule has 1 heterocycles. The number of aryl methyl sites for hydroxylation is 1. The predicted octanol–water partition coefficient (Wildman–Crippen LogP) is 3.12. The normalized spacial score (nSPS) is 13.8. The second-order valence-electron chi connectivity index (χ2n) is 4.09. The minimum Gasteiger partial charge on any atom is -0.319 e. The van der Waals surface area contributed by atoms with Crippen LogP contribution in [-0.4, -0.2) is 18.6 Å². The minimum absolute atomic E-state index is 0.0859. The van der Waals surface area contributed by atoms with Gasteiger partial charge in [-0.25, -0.2) is 4.98 Å². The van der Waals surface area contributed by atoms with Gasteiger partial charge in [-0.05, 0) is 44.0 Å². The van der Waals surface area contributed by atoms with Crippen molar-refractivity contribution in [2.75, 3.05) is 13.6 Å². The van der Waals surface area contributed by atoms with Crippen molar-refractivity contribution in [2.45, 2.75) is 32.4 Å². The predicted molar refractivity (Wildman–Crippen MR) is 60.9 cm³/mol. The van der Waals surface area contributed by atoms with Crippen molar-refractivity contribution >= 4 is 0 Å². The zero-order chi connectivity index (χ0) is 13.1. The molecule has 1 aromatic heterocycles. The van der Waals surface area contributed by atoms with E-state index >= 15 is 0 Å². The van der Waals surface area contributed by atoms with Gasteiger partial charge in [0.05, 0.1) is 0 Å². The number of halogens is 3. The molecule has 17 heavy (non-hydrogen) atoms. The second-order valence-corrected chi connectivity index (χ2v) is 4.09. The first-order valence-electron chi connectivity index (χ1n) is 5.58.